The van der Waals surface area contributed by atoms with E-state index in [9.17, 15) is 4.79 Å². The Hall–Kier alpha value is -2.31. The maximum Gasteiger partial charge on any atom is 0.254 e. The molecule has 1 aliphatic rings. The summed E-state index contributed by atoms with van der Waals surface area (Å²) in [6, 6.07) is 10.0. The Labute approximate surface area is 144 Å². The maximum absolute atomic E-state index is 12.4. The monoisotopic (exact) mass is 338 g/mol. The van der Waals surface area contributed by atoms with Gasteiger partial charge < -0.3 is 4.98 Å². The minimum absolute atomic E-state index is 0.00303. The summed E-state index contributed by atoms with van der Waals surface area (Å²) < 4.78 is 0. The van der Waals surface area contributed by atoms with Crippen LogP contribution in [0.4, 0.5) is 0 Å². The Morgan fingerprint density at radius 3 is 2.96 bits per heavy atom. The summed E-state index contributed by atoms with van der Waals surface area (Å²) in [4.78, 5) is 27.9. The summed E-state index contributed by atoms with van der Waals surface area (Å²) in [6.07, 6.45) is 0.730. The highest BCUT2D eigenvalue weighted by atomic mass is 32.1. The third-order valence-corrected chi connectivity index (χ3v) is 5.12. The first-order valence-electron chi connectivity index (χ1n) is 8.00. The highest BCUT2D eigenvalue weighted by Crippen LogP contribution is 2.23. The maximum atomic E-state index is 12.4. The van der Waals surface area contributed by atoms with Crippen LogP contribution in [0.5, 0.6) is 0 Å². The van der Waals surface area contributed by atoms with Gasteiger partial charge in [-0.2, -0.15) is 0 Å². The molecule has 0 saturated carbocycles. The summed E-state index contributed by atoms with van der Waals surface area (Å²) in [6.45, 7) is 4.33. The van der Waals surface area contributed by atoms with Gasteiger partial charge in [-0.15, -0.1) is 11.3 Å². The minimum atomic E-state index is -0.00303. The average molecular weight is 338 g/mol. The van der Waals surface area contributed by atoms with Crippen LogP contribution in [-0.4, -0.2) is 26.4 Å². The number of thiophene rings is 1. The van der Waals surface area contributed by atoms with E-state index in [0.717, 1.165) is 47.0 Å². The number of hydrogen-bond donors (Lipinski definition) is 1. The van der Waals surface area contributed by atoms with Crippen LogP contribution >= 0.6 is 11.3 Å². The van der Waals surface area contributed by atoms with E-state index in [4.69, 9.17) is 4.98 Å². The highest BCUT2D eigenvalue weighted by Gasteiger charge is 2.21. The van der Waals surface area contributed by atoms with Crippen molar-refractivity contribution in [2.75, 3.05) is 6.54 Å². The molecule has 0 unspecified atom stereocenters. The fraction of sp³-hybridized carbons (Fsp3) is 0.278. The van der Waals surface area contributed by atoms with Crippen molar-refractivity contribution >= 4 is 11.3 Å². The molecule has 4 rings (SSSR count). The molecule has 1 aliphatic heterocycles. The first-order valence-corrected chi connectivity index (χ1v) is 8.88. The van der Waals surface area contributed by atoms with E-state index < -0.39 is 0 Å². The largest absolute Gasteiger partial charge is 0.306 e. The number of fused-ring (bicyclic) bond motifs is 1. The topological polar surface area (TPSA) is 61.9 Å². The first-order chi connectivity index (χ1) is 11.7. The van der Waals surface area contributed by atoms with Crippen molar-refractivity contribution in [2.24, 2.45) is 0 Å². The van der Waals surface area contributed by atoms with Gasteiger partial charge in [0.25, 0.3) is 5.56 Å². The Morgan fingerprint density at radius 1 is 1.25 bits per heavy atom. The number of aryl methyl sites for hydroxylation is 1. The predicted octanol–water partition coefficient (Wildman–Crippen LogP) is 2.76. The molecule has 6 heteroatoms. The highest BCUT2D eigenvalue weighted by molar-refractivity contribution is 7.13. The molecule has 0 aliphatic carbocycles. The van der Waals surface area contributed by atoms with Gasteiger partial charge in [-0.25, -0.2) is 4.98 Å². The quantitative estimate of drug-likeness (QED) is 0.798. The molecule has 24 heavy (non-hydrogen) atoms. The van der Waals surface area contributed by atoms with Crippen LogP contribution in [0.3, 0.4) is 0 Å². The van der Waals surface area contributed by atoms with Gasteiger partial charge in [0.2, 0.25) is 0 Å². The van der Waals surface area contributed by atoms with Crippen molar-refractivity contribution in [3.63, 3.8) is 0 Å². The molecule has 0 radical (unpaired) electrons. The number of aromatic amines is 1. The molecule has 0 fully saturated rings. The number of aromatic nitrogens is 3. The van der Waals surface area contributed by atoms with Crippen LogP contribution in [0.15, 0.2) is 40.5 Å². The Balaban J connectivity index is 1.61. The molecule has 3 aromatic rings. The molecule has 0 amide bonds. The van der Waals surface area contributed by atoms with Crippen LogP contribution < -0.4 is 5.56 Å². The fourth-order valence-corrected chi connectivity index (χ4v) is 3.74. The number of rotatable bonds is 3. The summed E-state index contributed by atoms with van der Waals surface area (Å²) in [5, 5.41) is 1.99. The van der Waals surface area contributed by atoms with Crippen molar-refractivity contribution in [1.29, 1.82) is 0 Å². The van der Waals surface area contributed by atoms with Gasteiger partial charge in [-0.3, -0.25) is 14.7 Å². The predicted molar refractivity (Wildman–Crippen MR) is 95.0 cm³/mol. The summed E-state index contributed by atoms with van der Waals surface area (Å²) in [7, 11) is 0. The Morgan fingerprint density at radius 2 is 2.17 bits per heavy atom. The lowest BCUT2D eigenvalue weighted by molar-refractivity contribution is 0.237. The van der Waals surface area contributed by atoms with E-state index >= 15 is 0 Å². The molecular weight excluding hydrogens is 320 g/mol. The van der Waals surface area contributed by atoms with E-state index in [-0.39, 0.29) is 5.56 Å². The molecule has 0 spiro atoms. The van der Waals surface area contributed by atoms with Crippen LogP contribution in [-0.2, 0) is 19.5 Å². The summed E-state index contributed by atoms with van der Waals surface area (Å²) >= 11 is 1.58. The van der Waals surface area contributed by atoms with Crippen LogP contribution in [0.25, 0.3) is 10.7 Å². The van der Waals surface area contributed by atoms with Crippen LogP contribution in [0.2, 0.25) is 0 Å². The number of nitrogens with zero attached hydrogens (tertiary/aromatic N) is 3. The molecule has 4 heterocycles. The second-order valence-corrected chi connectivity index (χ2v) is 7.00. The Kier molecular flexibility index (Phi) is 4.00. The van der Waals surface area contributed by atoms with Gasteiger partial charge in [0.15, 0.2) is 5.82 Å². The van der Waals surface area contributed by atoms with Gasteiger partial charge >= 0.3 is 0 Å². The van der Waals surface area contributed by atoms with Gasteiger partial charge in [0.05, 0.1) is 16.3 Å². The van der Waals surface area contributed by atoms with Gasteiger partial charge in [0.1, 0.15) is 0 Å². The number of pyridine rings is 1. The van der Waals surface area contributed by atoms with Gasteiger partial charge in [-0.05, 0) is 36.9 Å². The third kappa shape index (κ3) is 3.02. The van der Waals surface area contributed by atoms with Crippen molar-refractivity contribution < 1.29 is 0 Å². The molecule has 122 valence electrons. The van der Waals surface area contributed by atoms with Crippen molar-refractivity contribution in [1.82, 2.24) is 19.9 Å². The molecule has 5 nitrogen and oxygen atoms in total. The smallest absolute Gasteiger partial charge is 0.254 e. The number of nitrogens with one attached hydrogen (secondary N) is 1. The van der Waals surface area contributed by atoms with Crippen molar-refractivity contribution in [3.05, 3.63) is 68.7 Å². The zero-order valence-electron chi connectivity index (χ0n) is 13.5. The van der Waals surface area contributed by atoms with E-state index in [0.29, 0.717) is 12.4 Å². The van der Waals surface area contributed by atoms with E-state index in [1.807, 2.05) is 42.6 Å². The first kappa shape index (κ1) is 15.2. The minimum Gasteiger partial charge on any atom is -0.306 e. The summed E-state index contributed by atoms with van der Waals surface area (Å²) in [5.74, 6) is 0.671. The van der Waals surface area contributed by atoms with Crippen LogP contribution in [0, 0.1) is 6.92 Å². The number of hydrogen-bond acceptors (Lipinski definition) is 5. The molecular formula is C18H18N4OS. The second kappa shape index (κ2) is 6.30. The second-order valence-electron chi connectivity index (χ2n) is 6.05. The zero-order valence-corrected chi connectivity index (χ0v) is 14.3. The van der Waals surface area contributed by atoms with E-state index in [1.165, 1.54) is 0 Å². The molecule has 0 atom stereocenters. The van der Waals surface area contributed by atoms with Crippen molar-refractivity contribution in [2.45, 2.75) is 26.4 Å². The summed E-state index contributed by atoms with van der Waals surface area (Å²) in [5.41, 5.74) is 3.79. The average Bonchev–Trinajstić information content (AvgIpc) is 3.09. The lowest BCUT2D eigenvalue weighted by Crippen LogP contribution is -2.35. The SMILES string of the molecule is Cc1cccc(CN2CCc3c(nc(-c4cccs4)[nH]c3=O)C2)n1. The zero-order chi connectivity index (χ0) is 16.5. The molecule has 3 aromatic heterocycles. The third-order valence-electron chi connectivity index (χ3n) is 4.24. The molecule has 0 saturated heterocycles. The lowest BCUT2D eigenvalue weighted by atomic mass is 10.1. The van der Waals surface area contributed by atoms with Gasteiger partial charge in [0, 0.05) is 30.9 Å². The van der Waals surface area contributed by atoms with Gasteiger partial charge in [-0.1, -0.05) is 12.1 Å². The molecule has 1 N–H and O–H groups in total. The van der Waals surface area contributed by atoms with E-state index in [2.05, 4.69) is 14.9 Å². The van der Waals surface area contributed by atoms with Crippen molar-refractivity contribution in [3.8, 4) is 10.7 Å². The number of H-pyrrole nitrogens is 1. The Bertz CT molecular complexity index is 917. The van der Waals surface area contributed by atoms with Crippen LogP contribution in [0.1, 0.15) is 22.6 Å². The molecule has 0 aromatic carbocycles. The van der Waals surface area contributed by atoms with E-state index in [1.54, 1.807) is 11.3 Å². The molecule has 0 bridgehead atoms. The normalized spacial score (nSPS) is 14.5. The lowest BCUT2D eigenvalue weighted by Gasteiger charge is -2.27. The standard InChI is InChI=1S/C18H18N4OS/c1-12-4-2-5-13(19-12)10-22-8-7-14-15(11-22)20-17(21-18(14)23)16-6-3-9-24-16/h2-6,9H,7-8,10-11H2,1H3,(H,20,21,23). The fourth-order valence-electron chi connectivity index (χ4n) is 3.08.